The molecule has 0 saturated carbocycles. The molecular weight excluding hydrogens is 387 g/mol. The average Bonchev–Trinajstić information content (AvgIpc) is 2.78. The Balaban J connectivity index is 1.46. The molecule has 3 rings (SSSR count). The van der Waals surface area contributed by atoms with E-state index in [9.17, 15) is 14.0 Å². The molecule has 0 atom stereocenters. The highest BCUT2D eigenvalue weighted by Crippen LogP contribution is 2.14. The number of nitrogens with zero attached hydrogens (tertiary/aromatic N) is 3. The van der Waals surface area contributed by atoms with Gasteiger partial charge in [0, 0.05) is 37.9 Å². The van der Waals surface area contributed by atoms with Crippen LogP contribution in [0.2, 0.25) is 0 Å². The first kappa shape index (κ1) is 20.9. The topological polar surface area (TPSA) is 85.7 Å². The Hall–Kier alpha value is -3.86. The molecule has 1 fully saturated rings. The smallest absolute Gasteiger partial charge is 0.321 e. The Morgan fingerprint density at radius 1 is 1.03 bits per heavy atom. The number of ether oxygens (including phenoxy) is 1. The second-order valence-electron chi connectivity index (χ2n) is 6.60. The summed E-state index contributed by atoms with van der Waals surface area (Å²) >= 11 is 0. The van der Waals surface area contributed by atoms with E-state index in [4.69, 9.17) is 10.00 Å². The predicted octanol–water partition coefficient (Wildman–Crippen LogP) is 3.12. The van der Waals surface area contributed by atoms with Crippen LogP contribution in [0, 0.1) is 17.1 Å². The second kappa shape index (κ2) is 10.1. The number of anilines is 1. The van der Waals surface area contributed by atoms with Crippen LogP contribution in [0.15, 0.2) is 54.6 Å². The molecule has 0 spiro atoms. The van der Waals surface area contributed by atoms with Crippen LogP contribution in [0.3, 0.4) is 0 Å². The molecule has 2 aromatic carbocycles. The highest BCUT2D eigenvalue weighted by Gasteiger charge is 2.23. The van der Waals surface area contributed by atoms with E-state index in [0.29, 0.717) is 37.6 Å². The summed E-state index contributed by atoms with van der Waals surface area (Å²) in [5.74, 6) is 0.102. The van der Waals surface area contributed by atoms with Crippen molar-refractivity contribution in [2.45, 2.75) is 0 Å². The SMILES string of the molecule is N#CCOc1ccc(/C=C/C(=O)N2CCN(C(=O)Nc3ccc(F)cc3)CC2)cc1. The van der Waals surface area contributed by atoms with Gasteiger partial charge < -0.3 is 19.9 Å². The maximum absolute atomic E-state index is 12.9. The van der Waals surface area contributed by atoms with Crippen LogP contribution in [0.5, 0.6) is 5.75 Å². The molecule has 1 aliphatic rings. The Morgan fingerprint density at radius 3 is 2.30 bits per heavy atom. The van der Waals surface area contributed by atoms with Crippen LogP contribution in [0.1, 0.15) is 5.56 Å². The highest BCUT2D eigenvalue weighted by atomic mass is 19.1. The van der Waals surface area contributed by atoms with E-state index in [0.717, 1.165) is 5.56 Å². The third kappa shape index (κ3) is 5.82. The van der Waals surface area contributed by atoms with Crippen molar-refractivity contribution < 1.29 is 18.7 Å². The fourth-order valence-electron chi connectivity index (χ4n) is 2.93. The number of halogens is 1. The van der Waals surface area contributed by atoms with E-state index in [1.54, 1.807) is 40.1 Å². The van der Waals surface area contributed by atoms with Crippen LogP contribution in [-0.2, 0) is 4.79 Å². The number of benzene rings is 2. The Bertz CT molecular complexity index is 944. The van der Waals surface area contributed by atoms with Gasteiger partial charge >= 0.3 is 6.03 Å². The van der Waals surface area contributed by atoms with Crippen LogP contribution in [0.25, 0.3) is 6.08 Å². The molecule has 1 saturated heterocycles. The molecule has 30 heavy (non-hydrogen) atoms. The van der Waals surface area contributed by atoms with E-state index in [1.165, 1.54) is 30.3 Å². The first-order valence-corrected chi connectivity index (χ1v) is 9.43. The maximum Gasteiger partial charge on any atom is 0.321 e. The summed E-state index contributed by atoms with van der Waals surface area (Å²) < 4.78 is 18.1. The fourth-order valence-corrected chi connectivity index (χ4v) is 2.93. The van der Waals surface area contributed by atoms with E-state index in [-0.39, 0.29) is 24.4 Å². The van der Waals surface area contributed by atoms with Crippen molar-refractivity contribution in [2.24, 2.45) is 0 Å². The van der Waals surface area contributed by atoms with E-state index >= 15 is 0 Å². The van der Waals surface area contributed by atoms with Gasteiger partial charge in [-0.25, -0.2) is 9.18 Å². The molecule has 7 nitrogen and oxygen atoms in total. The number of carbonyl (C=O) groups excluding carboxylic acids is 2. The molecule has 8 heteroatoms. The largest absolute Gasteiger partial charge is 0.479 e. The normalized spacial score (nSPS) is 13.7. The highest BCUT2D eigenvalue weighted by molar-refractivity contribution is 5.92. The number of urea groups is 1. The Labute approximate surface area is 174 Å². The maximum atomic E-state index is 12.9. The molecule has 0 aliphatic carbocycles. The van der Waals surface area contributed by atoms with Gasteiger partial charge in [0.05, 0.1) is 0 Å². The molecule has 0 aromatic heterocycles. The average molecular weight is 408 g/mol. The number of rotatable bonds is 5. The minimum absolute atomic E-state index is 0.0123. The molecule has 3 amide bonds. The summed E-state index contributed by atoms with van der Waals surface area (Å²) in [5.41, 5.74) is 1.36. The van der Waals surface area contributed by atoms with Crippen molar-refractivity contribution in [3.63, 3.8) is 0 Å². The number of nitriles is 1. The number of hydrogen-bond donors (Lipinski definition) is 1. The lowest BCUT2D eigenvalue weighted by atomic mass is 10.2. The van der Waals surface area contributed by atoms with Gasteiger partial charge in [0.1, 0.15) is 17.6 Å². The first-order chi connectivity index (χ1) is 14.5. The predicted molar refractivity (Wildman–Crippen MR) is 110 cm³/mol. The third-order valence-electron chi connectivity index (χ3n) is 4.58. The lowest BCUT2D eigenvalue weighted by molar-refractivity contribution is -0.127. The van der Waals surface area contributed by atoms with Crippen LogP contribution < -0.4 is 10.1 Å². The number of piperazine rings is 1. The number of nitrogens with one attached hydrogen (secondary N) is 1. The number of hydrogen-bond acceptors (Lipinski definition) is 4. The van der Waals surface area contributed by atoms with Crippen molar-refractivity contribution in [1.82, 2.24) is 9.80 Å². The summed E-state index contributed by atoms with van der Waals surface area (Å²) in [7, 11) is 0. The quantitative estimate of drug-likeness (QED) is 0.771. The van der Waals surface area contributed by atoms with E-state index in [2.05, 4.69) is 5.32 Å². The summed E-state index contributed by atoms with van der Waals surface area (Å²) in [6.07, 6.45) is 3.21. The van der Waals surface area contributed by atoms with Crippen molar-refractivity contribution in [1.29, 1.82) is 5.26 Å². The zero-order valence-electron chi connectivity index (χ0n) is 16.3. The zero-order valence-corrected chi connectivity index (χ0v) is 16.3. The molecule has 1 aliphatic heterocycles. The van der Waals surface area contributed by atoms with E-state index in [1.807, 2.05) is 6.07 Å². The first-order valence-electron chi connectivity index (χ1n) is 9.43. The lowest BCUT2D eigenvalue weighted by Gasteiger charge is -2.34. The molecule has 0 bridgehead atoms. The summed E-state index contributed by atoms with van der Waals surface area (Å²) in [6, 6.07) is 14.3. The molecule has 1 heterocycles. The monoisotopic (exact) mass is 408 g/mol. The Morgan fingerprint density at radius 2 is 1.67 bits per heavy atom. The van der Waals surface area contributed by atoms with Gasteiger partial charge in [-0.2, -0.15) is 5.26 Å². The number of carbonyl (C=O) groups is 2. The van der Waals surface area contributed by atoms with Gasteiger partial charge in [-0.1, -0.05) is 12.1 Å². The van der Waals surface area contributed by atoms with Gasteiger partial charge in [-0.15, -0.1) is 0 Å². The lowest BCUT2D eigenvalue weighted by Crippen LogP contribution is -2.51. The minimum Gasteiger partial charge on any atom is -0.479 e. The van der Waals surface area contributed by atoms with Crippen molar-refractivity contribution in [3.8, 4) is 11.8 Å². The Kier molecular flexibility index (Phi) is 7.00. The van der Waals surface area contributed by atoms with Gasteiger partial charge in [-0.05, 0) is 48.0 Å². The fraction of sp³-hybridized carbons (Fsp3) is 0.227. The van der Waals surface area contributed by atoms with Crippen molar-refractivity contribution in [2.75, 3.05) is 38.1 Å². The van der Waals surface area contributed by atoms with Crippen molar-refractivity contribution >= 4 is 23.7 Å². The van der Waals surface area contributed by atoms with Gasteiger partial charge in [0.15, 0.2) is 6.61 Å². The van der Waals surface area contributed by atoms with Crippen LogP contribution >= 0.6 is 0 Å². The summed E-state index contributed by atoms with van der Waals surface area (Å²) in [5, 5.41) is 11.2. The van der Waals surface area contributed by atoms with Crippen LogP contribution in [-0.4, -0.2) is 54.5 Å². The minimum atomic E-state index is -0.364. The zero-order chi connectivity index (χ0) is 21.3. The van der Waals surface area contributed by atoms with E-state index < -0.39 is 0 Å². The number of amides is 3. The molecule has 1 N–H and O–H groups in total. The second-order valence-corrected chi connectivity index (χ2v) is 6.60. The summed E-state index contributed by atoms with van der Waals surface area (Å²) in [6.45, 7) is 1.68. The molecular formula is C22H21FN4O3. The molecule has 154 valence electrons. The van der Waals surface area contributed by atoms with Gasteiger partial charge in [0.2, 0.25) is 5.91 Å². The van der Waals surface area contributed by atoms with Gasteiger partial charge in [-0.3, -0.25) is 4.79 Å². The molecule has 0 radical (unpaired) electrons. The third-order valence-corrected chi connectivity index (χ3v) is 4.58. The van der Waals surface area contributed by atoms with Crippen molar-refractivity contribution in [3.05, 3.63) is 66.0 Å². The molecule has 2 aromatic rings. The standard InChI is InChI=1S/C22H21FN4O3/c23-18-4-6-19(7-5-18)25-22(29)27-14-12-26(13-15-27)21(28)10-3-17-1-8-20(9-2-17)30-16-11-24/h1-10H,12-16H2,(H,25,29)/b10-3+. The van der Waals surface area contributed by atoms with Gasteiger partial charge in [0.25, 0.3) is 0 Å². The molecule has 0 unspecified atom stereocenters. The van der Waals surface area contributed by atoms with Crippen LogP contribution in [0.4, 0.5) is 14.9 Å². The summed E-state index contributed by atoms with van der Waals surface area (Å²) in [4.78, 5) is 28.0.